The topological polar surface area (TPSA) is 47.6 Å². The molecule has 1 atom stereocenters. The zero-order chi connectivity index (χ0) is 20.6. The first-order valence-electron chi connectivity index (χ1n) is 9.77. The smallest absolute Gasteiger partial charge is 0.252 e. The number of nitrogens with one attached hydrogen (secondary N) is 1. The minimum atomic E-state index is -0.227. The quantitative estimate of drug-likeness (QED) is 0.591. The van der Waals surface area contributed by atoms with E-state index in [2.05, 4.69) is 17.4 Å². The molecule has 0 bridgehead atoms. The highest BCUT2D eigenvalue weighted by Crippen LogP contribution is 2.29. The Bertz CT molecular complexity index is 953. The van der Waals surface area contributed by atoms with Gasteiger partial charge in [0.15, 0.2) is 0 Å². The predicted molar refractivity (Wildman–Crippen MR) is 116 cm³/mol. The summed E-state index contributed by atoms with van der Waals surface area (Å²) in [7, 11) is 3.25. The van der Waals surface area contributed by atoms with Crippen molar-refractivity contribution in [1.82, 2.24) is 5.32 Å². The van der Waals surface area contributed by atoms with E-state index < -0.39 is 0 Å². The number of carbonyl (C=O) groups is 1. The molecule has 4 nitrogen and oxygen atoms in total. The molecular formula is C25H27NO3. The summed E-state index contributed by atoms with van der Waals surface area (Å²) in [5.41, 5.74) is 3.88. The minimum absolute atomic E-state index is 0.0916. The lowest BCUT2D eigenvalue weighted by molar-refractivity contribution is 0.0938. The normalized spacial score (nSPS) is 11.6. The molecule has 3 aromatic rings. The van der Waals surface area contributed by atoms with E-state index in [1.165, 1.54) is 5.56 Å². The number of hydrogen-bond donors (Lipinski definition) is 1. The summed E-state index contributed by atoms with van der Waals surface area (Å²) in [6, 6.07) is 23.5. The molecule has 1 N–H and O–H groups in total. The molecule has 150 valence electrons. The standard InChI is InChI=1S/C25H27NO3/c1-18(23-17-21(28-2)15-16-24(23)29-3)26-25(27)22-12-8-7-11-20(22)14-13-19-9-5-4-6-10-19/h4-12,15-18H,13-14H2,1-3H3,(H,26,27)/t18-/m0/s1. The van der Waals surface area contributed by atoms with Gasteiger partial charge in [-0.2, -0.15) is 0 Å². The van der Waals surface area contributed by atoms with Crippen molar-refractivity contribution in [2.45, 2.75) is 25.8 Å². The van der Waals surface area contributed by atoms with Gasteiger partial charge in [-0.3, -0.25) is 4.79 Å². The average molecular weight is 389 g/mol. The van der Waals surface area contributed by atoms with Crippen LogP contribution in [0.5, 0.6) is 11.5 Å². The van der Waals surface area contributed by atoms with E-state index in [0.29, 0.717) is 5.56 Å². The van der Waals surface area contributed by atoms with E-state index >= 15 is 0 Å². The molecule has 0 spiro atoms. The Morgan fingerprint density at radius 2 is 1.62 bits per heavy atom. The van der Waals surface area contributed by atoms with Gasteiger partial charge in [0.1, 0.15) is 11.5 Å². The van der Waals surface area contributed by atoms with Crippen LogP contribution in [0.4, 0.5) is 0 Å². The summed E-state index contributed by atoms with van der Waals surface area (Å²) in [5.74, 6) is 1.35. The SMILES string of the molecule is COc1ccc(OC)c([C@H](C)NC(=O)c2ccccc2CCc2ccccc2)c1. The molecule has 0 saturated heterocycles. The first-order valence-corrected chi connectivity index (χ1v) is 9.77. The molecule has 29 heavy (non-hydrogen) atoms. The van der Waals surface area contributed by atoms with Crippen LogP contribution in [0, 0.1) is 0 Å². The van der Waals surface area contributed by atoms with Gasteiger partial charge in [-0.05, 0) is 55.2 Å². The third kappa shape index (κ3) is 5.17. The van der Waals surface area contributed by atoms with Gasteiger partial charge in [0, 0.05) is 11.1 Å². The second-order valence-electron chi connectivity index (χ2n) is 6.95. The van der Waals surface area contributed by atoms with E-state index in [0.717, 1.165) is 35.5 Å². The highest BCUT2D eigenvalue weighted by molar-refractivity contribution is 5.96. The predicted octanol–water partition coefficient (Wildman–Crippen LogP) is 4.98. The van der Waals surface area contributed by atoms with E-state index in [1.54, 1.807) is 14.2 Å². The van der Waals surface area contributed by atoms with Crippen LogP contribution in [0.15, 0.2) is 72.8 Å². The molecule has 0 aromatic heterocycles. The first kappa shape index (κ1) is 20.5. The van der Waals surface area contributed by atoms with Gasteiger partial charge in [0.05, 0.1) is 20.3 Å². The lowest BCUT2D eigenvalue weighted by Gasteiger charge is -2.19. The van der Waals surface area contributed by atoms with Crippen molar-refractivity contribution in [3.05, 3.63) is 95.1 Å². The summed E-state index contributed by atoms with van der Waals surface area (Å²) < 4.78 is 10.8. The van der Waals surface area contributed by atoms with E-state index in [9.17, 15) is 4.79 Å². The number of ether oxygens (including phenoxy) is 2. The molecule has 0 unspecified atom stereocenters. The van der Waals surface area contributed by atoms with Gasteiger partial charge >= 0.3 is 0 Å². The Kier molecular flexibility index (Phi) is 6.90. The van der Waals surface area contributed by atoms with Crippen molar-refractivity contribution >= 4 is 5.91 Å². The van der Waals surface area contributed by atoms with Crippen LogP contribution in [0.1, 0.15) is 40.0 Å². The second kappa shape index (κ2) is 9.78. The monoisotopic (exact) mass is 389 g/mol. The summed E-state index contributed by atoms with van der Waals surface area (Å²) in [6.45, 7) is 1.95. The fraction of sp³-hybridized carbons (Fsp3) is 0.240. The largest absolute Gasteiger partial charge is 0.497 e. The van der Waals surface area contributed by atoms with Crippen LogP contribution in [0.3, 0.4) is 0 Å². The second-order valence-corrected chi connectivity index (χ2v) is 6.95. The van der Waals surface area contributed by atoms with Crippen molar-refractivity contribution in [2.24, 2.45) is 0 Å². The highest BCUT2D eigenvalue weighted by atomic mass is 16.5. The summed E-state index contributed by atoms with van der Waals surface area (Å²) in [5, 5.41) is 3.10. The van der Waals surface area contributed by atoms with Crippen molar-refractivity contribution in [2.75, 3.05) is 14.2 Å². The molecule has 3 aromatic carbocycles. The van der Waals surface area contributed by atoms with Gasteiger partial charge in [0.25, 0.3) is 5.91 Å². The number of amides is 1. The molecule has 0 saturated carbocycles. The average Bonchev–Trinajstić information content (AvgIpc) is 2.78. The van der Waals surface area contributed by atoms with E-state index in [-0.39, 0.29) is 11.9 Å². The molecule has 1 amide bonds. The Morgan fingerprint density at radius 3 is 2.34 bits per heavy atom. The Labute approximate surface area is 172 Å². The zero-order valence-corrected chi connectivity index (χ0v) is 17.1. The molecular weight excluding hydrogens is 362 g/mol. The number of carbonyl (C=O) groups excluding carboxylic acids is 1. The van der Waals surface area contributed by atoms with Crippen molar-refractivity contribution < 1.29 is 14.3 Å². The van der Waals surface area contributed by atoms with Crippen molar-refractivity contribution in [3.8, 4) is 11.5 Å². The van der Waals surface area contributed by atoms with Gasteiger partial charge < -0.3 is 14.8 Å². The molecule has 3 rings (SSSR count). The highest BCUT2D eigenvalue weighted by Gasteiger charge is 2.18. The number of hydrogen-bond acceptors (Lipinski definition) is 3. The van der Waals surface area contributed by atoms with Crippen LogP contribution in [0.2, 0.25) is 0 Å². The lowest BCUT2D eigenvalue weighted by Crippen LogP contribution is -2.28. The lowest BCUT2D eigenvalue weighted by atomic mass is 9.98. The Hall–Kier alpha value is -3.27. The summed E-state index contributed by atoms with van der Waals surface area (Å²) in [4.78, 5) is 13.0. The van der Waals surface area contributed by atoms with Crippen LogP contribution >= 0.6 is 0 Å². The Balaban J connectivity index is 1.76. The van der Waals surface area contributed by atoms with Crippen molar-refractivity contribution in [1.29, 1.82) is 0 Å². The maximum Gasteiger partial charge on any atom is 0.252 e. The third-order valence-electron chi connectivity index (χ3n) is 5.04. The number of aryl methyl sites for hydroxylation is 2. The molecule has 0 aliphatic heterocycles. The maximum absolute atomic E-state index is 13.0. The fourth-order valence-electron chi connectivity index (χ4n) is 3.41. The molecule has 0 aliphatic carbocycles. The van der Waals surface area contributed by atoms with Crippen LogP contribution in [-0.4, -0.2) is 20.1 Å². The minimum Gasteiger partial charge on any atom is -0.497 e. The van der Waals surface area contributed by atoms with Gasteiger partial charge in [0.2, 0.25) is 0 Å². The molecule has 0 heterocycles. The molecule has 4 heteroatoms. The number of rotatable bonds is 8. The number of methoxy groups -OCH3 is 2. The number of benzene rings is 3. The van der Waals surface area contributed by atoms with Gasteiger partial charge in [-0.25, -0.2) is 0 Å². The Morgan fingerprint density at radius 1 is 0.897 bits per heavy atom. The van der Waals surface area contributed by atoms with Crippen LogP contribution in [0.25, 0.3) is 0 Å². The fourth-order valence-corrected chi connectivity index (χ4v) is 3.41. The molecule has 0 radical (unpaired) electrons. The van der Waals surface area contributed by atoms with E-state index in [1.807, 2.05) is 67.6 Å². The molecule has 0 aliphatic rings. The molecule has 0 fully saturated rings. The van der Waals surface area contributed by atoms with Gasteiger partial charge in [-0.1, -0.05) is 48.5 Å². The van der Waals surface area contributed by atoms with Gasteiger partial charge in [-0.15, -0.1) is 0 Å². The summed E-state index contributed by atoms with van der Waals surface area (Å²) >= 11 is 0. The summed E-state index contributed by atoms with van der Waals surface area (Å²) in [6.07, 6.45) is 1.70. The first-order chi connectivity index (χ1) is 14.1. The van der Waals surface area contributed by atoms with Crippen molar-refractivity contribution in [3.63, 3.8) is 0 Å². The zero-order valence-electron chi connectivity index (χ0n) is 17.1. The maximum atomic E-state index is 13.0. The van der Waals surface area contributed by atoms with Crippen LogP contribution in [-0.2, 0) is 12.8 Å². The third-order valence-corrected chi connectivity index (χ3v) is 5.04. The van der Waals surface area contributed by atoms with Crippen LogP contribution < -0.4 is 14.8 Å². The van der Waals surface area contributed by atoms with E-state index in [4.69, 9.17) is 9.47 Å².